The Labute approximate surface area is 179 Å². The van der Waals surface area contributed by atoms with Gasteiger partial charge in [0.05, 0.1) is 17.6 Å². The maximum Gasteiger partial charge on any atom is 0.272 e. The molecule has 0 radical (unpaired) electrons. The Bertz CT molecular complexity index is 1200. The molecule has 9 heteroatoms. The Kier molecular flexibility index (Phi) is 6.22. The highest BCUT2D eigenvalue weighted by atomic mass is 16.2. The van der Waals surface area contributed by atoms with Crippen molar-refractivity contribution in [1.29, 1.82) is 0 Å². The average Bonchev–Trinajstić information content (AvgIpc) is 2.79. The molecule has 3 aromatic rings. The van der Waals surface area contributed by atoms with Crippen LogP contribution in [0.2, 0.25) is 0 Å². The lowest BCUT2D eigenvalue weighted by Crippen LogP contribution is -2.48. The fraction of sp³-hybridized carbons (Fsp3) is 0.409. The van der Waals surface area contributed by atoms with Gasteiger partial charge in [-0.05, 0) is 38.4 Å². The van der Waals surface area contributed by atoms with Gasteiger partial charge < -0.3 is 5.32 Å². The van der Waals surface area contributed by atoms with E-state index in [9.17, 15) is 14.4 Å². The van der Waals surface area contributed by atoms with E-state index >= 15 is 0 Å². The minimum Gasteiger partial charge on any atom is -0.349 e. The summed E-state index contributed by atoms with van der Waals surface area (Å²) >= 11 is 0. The molecule has 1 aliphatic rings. The van der Waals surface area contributed by atoms with Crippen LogP contribution in [0.15, 0.2) is 46.0 Å². The van der Waals surface area contributed by atoms with Crippen LogP contribution in [0.25, 0.3) is 10.8 Å². The molecule has 1 aromatic carbocycles. The maximum absolute atomic E-state index is 12.8. The van der Waals surface area contributed by atoms with E-state index in [0.29, 0.717) is 30.4 Å². The van der Waals surface area contributed by atoms with Crippen molar-refractivity contribution < 1.29 is 4.79 Å². The van der Waals surface area contributed by atoms with Crippen molar-refractivity contribution in [2.24, 2.45) is 0 Å². The van der Waals surface area contributed by atoms with Crippen molar-refractivity contribution in [1.82, 2.24) is 30.2 Å². The fourth-order valence-corrected chi connectivity index (χ4v) is 4.10. The van der Waals surface area contributed by atoms with Gasteiger partial charge in [-0.2, -0.15) is 10.2 Å². The molecule has 31 heavy (non-hydrogen) atoms. The lowest BCUT2D eigenvalue weighted by Gasteiger charge is -2.35. The zero-order valence-corrected chi connectivity index (χ0v) is 17.5. The Hall–Kier alpha value is -3.33. The first-order valence-corrected chi connectivity index (χ1v) is 10.6. The number of amides is 1. The van der Waals surface area contributed by atoms with Gasteiger partial charge in [-0.1, -0.05) is 24.6 Å². The highest BCUT2D eigenvalue weighted by molar-refractivity contribution is 6.04. The summed E-state index contributed by atoms with van der Waals surface area (Å²) in [6.07, 6.45) is 3.16. The standard InChI is InChI=1S/C22H26N6O3/c1-15-9-10-19(29)28(26-15)13-12-27-11-5-4-6-16(27)14-23-22(31)20-17-7-2-3-8-18(17)21(30)25-24-20/h2-3,7-10,16H,4-6,11-14H2,1H3,(H,23,31)(H,25,30). The van der Waals surface area contributed by atoms with Gasteiger partial charge in [0.25, 0.3) is 17.0 Å². The van der Waals surface area contributed by atoms with E-state index in [2.05, 4.69) is 25.5 Å². The lowest BCUT2D eigenvalue weighted by atomic mass is 10.0. The van der Waals surface area contributed by atoms with Crippen molar-refractivity contribution in [2.45, 2.75) is 38.8 Å². The quantitative estimate of drug-likeness (QED) is 0.615. The number of hydrogen-bond acceptors (Lipinski definition) is 6. The third kappa shape index (κ3) is 4.72. The molecule has 162 valence electrons. The molecule has 0 spiro atoms. The first-order chi connectivity index (χ1) is 15.0. The molecular formula is C22H26N6O3. The van der Waals surface area contributed by atoms with Gasteiger partial charge >= 0.3 is 0 Å². The van der Waals surface area contributed by atoms with E-state index in [-0.39, 0.29) is 28.8 Å². The van der Waals surface area contributed by atoms with Crippen LogP contribution in [0.5, 0.6) is 0 Å². The van der Waals surface area contributed by atoms with E-state index in [0.717, 1.165) is 31.5 Å². The third-order valence-electron chi connectivity index (χ3n) is 5.76. The van der Waals surface area contributed by atoms with Crippen LogP contribution in [0.3, 0.4) is 0 Å². The molecule has 4 rings (SSSR count). The normalized spacial score (nSPS) is 17.0. The van der Waals surface area contributed by atoms with E-state index in [1.807, 2.05) is 6.92 Å². The fourth-order valence-electron chi connectivity index (χ4n) is 4.10. The summed E-state index contributed by atoms with van der Waals surface area (Å²) in [7, 11) is 0. The summed E-state index contributed by atoms with van der Waals surface area (Å²) in [6.45, 7) is 4.46. The number of H-pyrrole nitrogens is 1. The number of nitrogens with one attached hydrogen (secondary N) is 2. The number of aryl methyl sites for hydroxylation is 1. The van der Waals surface area contributed by atoms with E-state index in [1.54, 1.807) is 30.3 Å². The highest BCUT2D eigenvalue weighted by Crippen LogP contribution is 2.17. The summed E-state index contributed by atoms with van der Waals surface area (Å²) in [5, 5.41) is 14.6. The number of carbonyl (C=O) groups is 1. The summed E-state index contributed by atoms with van der Waals surface area (Å²) in [4.78, 5) is 39.1. The number of rotatable bonds is 6. The average molecular weight is 422 g/mol. The molecule has 0 aliphatic carbocycles. The van der Waals surface area contributed by atoms with Crippen LogP contribution >= 0.6 is 0 Å². The number of nitrogens with zero attached hydrogens (tertiary/aromatic N) is 4. The number of benzene rings is 1. The number of carbonyl (C=O) groups excluding carboxylic acids is 1. The first-order valence-electron chi connectivity index (χ1n) is 10.6. The zero-order valence-electron chi connectivity index (χ0n) is 17.5. The predicted octanol–water partition coefficient (Wildman–Crippen LogP) is 1.07. The van der Waals surface area contributed by atoms with Gasteiger partial charge in [0, 0.05) is 30.6 Å². The summed E-state index contributed by atoms with van der Waals surface area (Å²) in [6, 6.07) is 10.4. The molecule has 3 heterocycles. The Morgan fingerprint density at radius 3 is 2.77 bits per heavy atom. The monoisotopic (exact) mass is 422 g/mol. The van der Waals surface area contributed by atoms with Crippen LogP contribution in [0.4, 0.5) is 0 Å². The van der Waals surface area contributed by atoms with Gasteiger partial charge in [0.1, 0.15) is 0 Å². The maximum atomic E-state index is 12.8. The second-order valence-corrected chi connectivity index (χ2v) is 7.88. The Morgan fingerprint density at radius 2 is 1.94 bits per heavy atom. The summed E-state index contributed by atoms with van der Waals surface area (Å²) in [5.41, 5.74) is 0.602. The molecule has 2 aromatic heterocycles. The number of aromatic nitrogens is 4. The van der Waals surface area contributed by atoms with E-state index in [1.165, 1.54) is 10.7 Å². The molecule has 0 saturated carbocycles. The number of aromatic amines is 1. The predicted molar refractivity (Wildman–Crippen MR) is 117 cm³/mol. The molecule has 1 fully saturated rings. The number of likely N-dealkylation sites (tertiary alicyclic amines) is 1. The molecule has 9 nitrogen and oxygen atoms in total. The Morgan fingerprint density at radius 1 is 1.13 bits per heavy atom. The molecule has 1 aliphatic heterocycles. The minimum atomic E-state index is -0.314. The zero-order chi connectivity index (χ0) is 21.8. The van der Waals surface area contributed by atoms with Gasteiger partial charge in [0.2, 0.25) is 0 Å². The largest absolute Gasteiger partial charge is 0.349 e. The van der Waals surface area contributed by atoms with E-state index < -0.39 is 0 Å². The highest BCUT2D eigenvalue weighted by Gasteiger charge is 2.24. The lowest BCUT2D eigenvalue weighted by molar-refractivity contribution is 0.0905. The van der Waals surface area contributed by atoms with Crippen LogP contribution < -0.4 is 16.4 Å². The topological polar surface area (TPSA) is 113 Å². The van der Waals surface area contributed by atoms with Crippen molar-refractivity contribution in [2.75, 3.05) is 19.6 Å². The molecule has 1 saturated heterocycles. The van der Waals surface area contributed by atoms with Crippen LogP contribution in [-0.2, 0) is 6.54 Å². The first kappa shape index (κ1) is 20.9. The minimum absolute atomic E-state index is 0.108. The van der Waals surface area contributed by atoms with Crippen LogP contribution in [0.1, 0.15) is 35.4 Å². The molecule has 2 N–H and O–H groups in total. The van der Waals surface area contributed by atoms with Crippen molar-refractivity contribution in [3.05, 3.63) is 68.5 Å². The summed E-state index contributed by atoms with van der Waals surface area (Å²) in [5.74, 6) is -0.311. The molecule has 1 atom stereocenters. The van der Waals surface area contributed by atoms with Crippen molar-refractivity contribution >= 4 is 16.7 Å². The third-order valence-corrected chi connectivity index (χ3v) is 5.76. The number of hydrogen-bond donors (Lipinski definition) is 2. The van der Waals surface area contributed by atoms with Crippen LogP contribution in [0, 0.1) is 6.92 Å². The van der Waals surface area contributed by atoms with Gasteiger partial charge in [0.15, 0.2) is 5.69 Å². The second kappa shape index (κ2) is 9.22. The molecule has 1 unspecified atom stereocenters. The van der Waals surface area contributed by atoms with Gasteiger partial charge in [-0.15, -0.1) is 0 Å². The number of piperidine rings is 1. The molecule has 1 amide bonds. The van der Waals surface area contributed by atoms with Crippen molar-refractivity contribution in [3.8, 4) is 0 Å². The SMILES string of the molecule is Cc1ccc(=O)n(CCN2CCCCC2CNC(=O)c2n[nH]c(=O)c3ccccc23)n1. The Balaban J connectivity index is 1.42. The smallest absolute Gasteiger partial charge is 0.272 e. The molecular weight excluding hydrogens is 396 g/mol. The van der Waals surface area contributed by atoms with Gasteiger partial charge in [-0.25, -0.2) is 9.78 Å². The second-order valence-electron chi connectivity index (χ2n) is 7.88. The summed E-state index contributed by atoms with van der Waals surface area (Å²) < 4.78 is 1.50. The van der Waals surface area contributed by atoms with Crippen LogP contribution in [-0.4, -0.2) is 56.5 Å². The molecule has 0 bridgehead atoms. The van der Waals surface area contributed by atoms with Crippen molar-refractivity contribution in [3.63, 3.8) is 0 Å². The van der Waals surface area contributed by atoms with Gasteiger partial charge in [-0.3, -0.25) is 19.3 Å². The number of fused-ring (bicyclic) bond motifs is 1. The van der Waals surface area contributed by atoms with E-state index in [4.69, 9.17) is 0 Å².